The molecule has 4 aliphatic rings. The van der Waals surface area contributed by atoms with Gasteiger partial charge in [-0.15, -0.1) is 0 Å². The van der Waals surface area contributed by atoms with Crippen LogP contribution in [0.2, 0.25) is 5.02 Å². The molecule has 0 bridgehead atoms. The number of phenols is 1. The molecule has 4 heterocycles. The van der Waals surface area contributed by atoms with Crippen molar-refractivity contribution in [2.24, 2.45) is 10.8 Å². The van der Waals surface area contributed by atoms with Gasteiger partial charge in [-0.1, -0.05) is 24.2 Å². The molecule has 1 amide bonds. The van der Waals surface area contributed by atoms with Crippen LogP contribution < -0.4 is 9.64 Å². The number of phenolic OH excluding ortho intramolecular Hbond substituents is 1. The summed E-state index contributed by atoms with van der Waals surface area (Å²) in [5, 5.41) is 10.8. The van der Waals surface area contributed by atoms with Crippen molar-refractivity contribution < 1.29 is 23.4 Å². The number of amides is 1. The summed E-state index contributed by atoms with van der Waals surface area (Å²) in [5.74, 6) is -1.60. The number of aromatic hydroxyl groups is 1. The molecule has 11 heteroatoms. The maximum absolute atomic E-state index is 16.4. The molecule has 3 saturated heterocycles. The SMILES string of the molecule is C=CC(=O)N1CC2(CCN(c3nc(OCC4(CN5CCCC5)CC4)nc4c(F)c(-c5c(O)cccc5F)c(Cl)cc34)CC2)C1. The van der Waals surface area contributed by atoms with Crippen molar-refractivity contribution in [3.63, 3.8) is 0 Å². The summed E-state index contributed by atoms with van der Waals surface area (Å²) in [6, 6.07) is 5.41. The number of piperidine rings is 1. The van der Waals surface area contributed by atoms with E-state index in [1.165, 1.54) is 31.1 Å². The number of likely N-dealkylation sites (tertiary alicyclic amines) is 2. The van der Waals surface area contributed by atoms with E-state index in [-0.39, 0.29) is 44.4 Å². The fourth-order valence-corrected chi connectivity index (χ4v) is 7.46. The number of benzene rings is 2. The van der Waals surface area contributed by atoms with Crippen molar-refractivity contribution in [2.75, 3.05) is 57.3 Å². The van der Waals surface area contributed by atoms with Gasteiger partial charge in [-0.3, -0.25) is 4.79 Å². The molecule has 1 spiro atoms. The highest BCUT2D eigenvalue weighted by molar-refractivity contribution is 6.34. The fourth-order valence-electron chi connectivity index (χ4n) is 7.17. The summed E-state index contributed by atoms with van der Waals surface area (Å²) in [7, 11) is 0. The molecule has 3 aromatic rings. The normalized spacial score (nSPS) is 20.6. The number of ether oxygens (including phenoxy) is 1. The van der Waals surface area contributed by atoms with Crippen LogP contribution >= 0.6 is 11.6 Å². The number of hydrogen-bond acceptors (Lipinski definition) is 7. The van der Waals surface area contributed by atoms with Crippen LogP contribution in [-0.4, -0.2) is 83.2 Å². The number of carbonyl (C=O) groups is 1. The molecule has 1 aliphatic carbocycles. The Bertz CT molecular complexity index is 1610. The molecular weight excluding hydrogens is 588 g/mol. The maximum atomic E-state index is 16.4. The molecular formula is C33H36ClF2N5O3. The number of nitrogens with zero attached hydrogens (tertiary/aromatic N) is 5. The number of hydrogen-bond donors (Lipinski definition) is 1. The van der Waals surface area contributed by atoms with Gasteiger partial charge < -0.3 is 24.5 Å². The molecule has 1 aromatic heterocycles. The van der Waals surface area contributed by atoms with Crippen molar-refractivity contribution in [3.8, 4) is 22.9 Å². The molecule has 4 fully saturated rings. The second-order valence-corrected chi connectivity index (χ2v) is 13.5. The third-order valence-electron chi connectivity index (χ3n) is 9.97. The van der Waals surface area contributed by atoms with Crippen LogP contribution in [0.25, 0.3) is 22.0 Å². The molecule has 8 nitrogen and oxygen atoms in total. The number of carbonyl (C=O) groups excluding carboxylic acids is 1. The van der Waals surface area contributed by atoms with Gasteiger partial charge in [0.2, 0.25) is 5.91 Å². The Labute approximate surface area is 260 Å². The van der Waals surface area contributed by atoms with E-state index >= 15 is 4.39 Å². The van der Waals surface area contributed by atoms with Gasteiger partial charge in [-0.25, -0.2) is 8.78 Å². The summed E-state index contributed by atoms with van der Waals surface area (Å²) in [6.45, 7) is 9.88. The highest BCUT2D eigenvalue weighted by atomic mass is 35.5. The van der Waals surface area contributed by atoms with E-state index in [4.69, 9.17) is 21.3 Å². The standard InChI is InChI=1S/C33H36ClF2N5O3/c1-2-25(43)41-18-32(19-41)10-14-40(15-11-32)30-21-16-22(34)26(27-23(35)6-5-7-24(27)42)28(36)29(21)37-31(38-30)44-20-33(8-9-33)17-39-12-3-4-13-39/h2,5-7,16,42H,1,3-4,8-15,17-20H2. The monoisotopic (exact) mass is 623 g/mol. The molecule has 44 heavy (non-hydrogen) atoms. The molecule has 7 rings (SSSR count). The predicted molar refractivity (Wildman–Crippen MR) is 165 cm³/mol. The van der Waals surface area contributed by atoms with E-state index in [1.54, 1.807) is 11.0 Å². The summed E-state index contributed by atoms with van der Waals surface area (Å²) in [4.78, 5) is 27.7. The summed E-state index contributed by atoms with van der Waals surface area (Å²) in [5.41, 5.74) is -0.517. The maximum Gasteiger partial charge on any atom is 0.319 e. The topological polar surface area (TPSA) is 82.0 Å². The Morgan fingerprint density at radius 2 is 1.80 bits per heavy atom. The molecule has 2 aromatic carbocycles. The predicted octanol–water partition coefficient (Wildman–Crippen LogP) is 5.80. The van der Waals surface area contributed by atoms with E-state index in [1.807, 2.05) is 0 Å². The van der Waals surface area contributed by atoms with Gasteiger partial charge in [0.1, 0.15) is 22.9 Å². The summed E-state index contributed by atoms with van der Waals surface area (Å²) in [6.07, 6.45) is 7.58. The lowest BCUT2D eigenvalue weighted by Gasteiger charge is -2.54. The quantitative estimate of drug-likeness (QED) is 0.318. The van der Waals surface area contributed by atoms with Gasteiger partial charge in [0.15, 0.2) is 5.82 Å². The molecule has 3 aliphatic heterocycles. The molecule has 0 radical (unpaired) electrons. The Morgan fingerprint density at radius 1 is 1.07 bits per heavy atom. The van der Waals surface area contributed by atoms with Crippen molar-refractivity contribution in [1.82, 2.24) is 19.8 Å². The van der Waals surface area contributed by atoms with Crippen LogP contribution in [0.3, 0.4) is 0 Å². The Hall–Kier alpha value is -3.50. The van der Waals surface area contributed by atoms with Crippen LogP contribution in [0.4, 0.5) is 14.6 Å². The first-order chi connectivity index (χ1) is 21.2. The number of anilines is 1. The molecule has 0 atom stereocenters. The van der Waals surface area contributed by atoms with E-state index in [0.717, 1.165) is 51.4 Å². The minimum absolute atomic E-state index is 0.0388. The van der Waals surface area contributed by atoms with E-state index in [9.17, 15) is 14.3 Å². The zero-order valence-corrected chi connectivity index (χ0v) is 25.4. The van der Waals surface area contributed by atoms with Crippen LogP contribution in [0.1, 0.15) is 38.5 Å². The van der Waals surface area contributed by atoms with Crippen molar-refractivity contribution in [3.05, 3.63) is 53.6 Å². The van der Waals surface area contributed by atoms with Gasteiger partial charge in [0.25, 0.3) is 0 Å². The largest absolute Gasteiger partial charge is 0.507 e. The lowest BCUT2D eigenvalue weighted by molar-refractivity contribution is -0.139. The average molecular weight is 624 g/mol. The van der Waals surface area contributed by atoms with Crippen molar-refractivity contribution in [1.29, 1.82) is 0 Å². The van der Waals surface area contributed by atoms with Gasteiger partial charge in [0.05, 0.1) is 17.2 Å². The highest BCUT2D eigenvalue weighted by Crippen LogP contribution is 2.48. The van der Waals surface area contributed by atoms with E-state index in [2.05, 4.69) is 21.4 Å². The Kier molecular flexibility index (Phi) is 7.40. The third kappa shape index (κ3) is 5.26. The first-order valence-corrected chi connectivity index (χ1v) is 15.8. The summed E-state index contributed by atoms with van der Waals surface area (Å²) >= 11 is 6.61. The minimum atomic E-state index is -0.842. The zero-order chi connectivity index (χ0) is 30.6. The molecule has 1 saturated carbocycles. The number of aromatic nitrogens is 2. The van der Waals surface area contributed by atoms with Gasteiger partial charge in [-0.2, -0.15) is 9.97 Å². The zero-order valence-electron chi connectivity index (χ0n) is 24.6. The van der Waals surface area contributed by atoms with Crippen LogP contribution in [0.15, 0.2) is 36.9 Å². The van der Waals surface area contributed by atoms with Crippen LogP contribution in [0, 0.1) is 22.5 Å². The highest BCUT2D eigenvalue weighted by Gasteiger charge is 2.47. The second kappa shape index (κ2) is 11.1. The minimum Gasteiger partial charge on any atom is -0.507 e. The summed E-state index contributed by atoms with van der Waals surface area (Å²) < 4.78 is 37.6. The lowest BCUT2D eigenvalue weighted by Crippen LogP contribution is -2.61. The fraction of sp³-hybridized carbons (Fsp3) is 0.485. The number of rotatable bonds is 8. The van der Waals surface area contributed by atoms with Crippen molar-refractivity contribution >= 4 is 34.2 Å². The number of fused-ring (bicyclic) bond motifs is 1. The Morgan fingerprint density at radius 3 is 2.45 bits per heavy atom. The second-order valence-electron chi connectivity index (χ2n) is 13.1. The Balaban J connectivity index is 1.22. The third-order valence-corrected chi connectivity index (χ3v) is 10.3. The number of halogens is 3. The van der Waals surface area contributed by atoms with E-state index < -0.39 is 17.4 Å². The molecule has 232 valence electrons. The van der Waals surface area contributed by atoms with Crippen LogP contribution in [-0.2, 0) is 4.79 Å². The first kappa shape index (κ1) is 29.2. The molecule has 1 N–H and O–H groups in total. The average Bonchev–Trinajstić information content (AvgIpc) is 3.57. The lowest BCUT2D eigenvalue weighted by atomic mass is 9.72. The van der Waals surface area contributed by atoms with E-state index in [0.29, 0.717) is 44.0 Å². The first-order valence-electron chi connectivity index (χ1n) is 15.4. The van der Waals surface area contributed by atoms with Crippen molar-refractivity contribution in [2.45, 2.75) is 38.5 Å². The van der Waals surface area contributed by atoms with Crippen LogP contribution in [0.5, 0.6) is 11.8 Å². The van der Waals surface area contributed by atoms with Gasteiger partial charge in [0, 0.05) is 54.5 Å². The van der Waals surface area contributed by atoms with Gasteiger partial charge >= 0.3 is 6.01 Å². The van der Waals surface area contributed by atoms with Gasteiger partial charge in [-0.05, 0) is 75.9 Å². The molecule has 0 unspecified atom stereocenters. The smallest absolute Gasteiger partial charge is 0.319 e.